The molecule has 0 unspecified atom stereocenters. The Morgan fingerprint density at radius 2 is 1.78 bits per heavy atom. The Labute approximate surface area is 201 Å². The molecule has 9 heteroatoms. The van der Waals surface area contributed by atoms with E-state index in [4.69, 9.17) is 9.72 Å². The van der Waals surface area contributed by atoms with Crippen LogP contribution in [0.15, 0.2) is 36.4 Å². The predicted octanol–water partition coefficient (Wildman–Crippen LogP) is 4.92. The number of ether oxygens (including phenoxy) is 1. The van der Waals surface area contributed by atoms with Gasteiger partial charge in [-0.15, -0.1) is 23.7 Å². The fourth-order valence-corrected chi connectivity index (χ4v) is 5.70. The number of benzene rings is 2. The average molecular weight is 489 g/mol. The minimum atomic E-state index is -0.0815. The summed E-state index contributed by atoms with van der Waals surface area (Å²) in [5.74, 6) is -0.0815. The molecule has 2 aromatic heterocycles. The standard InChI is InChI=1S/C23H24N4O2S2.ClH/c1-15-13-18-20(14-16(15)2)31-23(25-18)27(8-7-26-9-11-29-12-10-26)22(28)21-24-17-5-3-4-6-19(17)30-21;/h3-6,13-14H,7-12H2,1-2H3;1H. The number of aromatic nitrogens is 2. The molecule has 2 aromatic carbocycles. The predicted molar refractivity (Wildman–Crippen MR) is 135 cm³/mol. The molecule has 0 radical (unpaired) electrons. The third-order valence-electron chi connectivity index (χ3n) is 5.69. The second-order valence-corrected chi connectivity index (χ2v) is 9.84. The zero-order valence-corrected chi connectivity index (χ0v) is 20.5. The van der Waals surface area contributed by atoms with Crippen LogP contribution in [0.25, 0.3) is 20.4 Å². The second kappa shape index (κ2) is 9.80. The molecule has 0 N–H and O–H groups in total. The van der Waals surface area contributed by atoms with Crippen LogP contribution in [-0.2, 0) is 4.74 Å². The molecule has 0 bridgehead atoms. The minimum Gasteiger partial charge on any atom is -0.379 e. The van der Waals surface area contributed by atoms with Crippen molar-refractivity contribution in [2.75, 3.05) is 44.3 Å². The van der Waals surface area contributed by atoms with Gasteiger partial charge >= 0.3 is 0 Å². The maximum atomic E-state index is 13.6. The van der Waals surface area contributed by atoms with Gasteiger partial charge in [-0.05, 0) is 49.2 Å². The molecule has 0 aliphatic carbocycles. The zero-order chi connectivity index (χ0) is 21.4. The van der Waals surface area contributed by atoms with E-state index < -0.39 is 0 Å². The van der Waals surface area contributed by atoms with Crippen molar-refractivity contribution in [2.24, 2.45) is 0 Å². The molecule has 0 spiro atoms. The van der Waals surface area contributed by atoms with E-state index in [1.165, 1.54) is 22.5 Å². The number of amides is 1. The molecular weight excluding hydrogens is 464 g/mol. The van der Waals surface area contributed by atoms with Gasteiger partial charge in [0.2, 0.25) is 0 Å². The van der Waals surface area contributed by atoms with Gasteiger partial charge in [0, 0.05) is 26.2 Å². The number of carbonyl (C=O) groups is 1. The minimum absolute atomic E-state index is 0. The normalized spacial score (nSPS) is 14.6. The lowest BCUT2D eigenvalue weighted by Crippen LogP contribution is -2.43. The first-order valence-corrected chi connectivity index (χ1v) is 12.1. The van der Waals surface area contributed by atoms with Crippen LogP contribution >= 0.6 is 35.1 Å². The Morgan fingerprint density at radius 1 is 1.03 bits per heavy atom. The van der Waals surface area contributed by atoms with Crippen molar-refractivity contribution in [3.05, 3.63) is 52.5 Å². The van der Waals surface area contributed by atoms with Crippen molar-refractivity contribution < 1.29 is 9.53 Å². The van der Waals surface area contributed by atoms with E-state index in [0.29, 0.717) is 11.6 Å². The molecule has 1 fully saturated rings. The maximum absolute atomic E-state index is 13.6. The first kappa shape index (κ1) is 23.1. The molecule has 1 aliphatic rings. The molecule has 1 aliphatic heterocycles. The number of morpholine rings is 1. The Balaban J connectivity index is 0.00000245. The van der Waals surface area contributed by atoms with Crippen molar-refractivity contribution in [1.29, 1.82) is 0 Å². The Kier molecular flexibility index (Phi) is 7.07. The first-order chi connectivity index (χ1) is 15.1. The number of hydrogen-bond acceptors (Lipinski definition) is 7. The molecule has 1 saturated heterocycles. The summed E-state index contributed by atoms with van der Waals surface area (Å²) in [5.41, 5.74) is 4.25. The highest BCUT2D eigenvalue weighted by atomic mass is 35.5. The van der Waals surface area contributed by atoms with Gasteiger partial charge in [0.05, 0.1) is 33.6 Å². The van der Waals surface area contributed by atoms with E-state index in [9.17, 15) is 4.79 Å². The number of aryl methyl sites for hydroxylation is 2. The van der Waals surface area contributed by atoms with Crippen LogP contribution in [0.3, 0.4) is 0 Å². The quantitative estimate of drug-likeness (QED) is 0.399. The number of anilines is 1. The van der Waals surface area contributed by atoms with E-state index in [-0.39, 0.29) is 18.3 Å². The monoisotopic (exact) mass is 488 g/mol. The fraction of sp³-hybridized carbons (Fsp3) is 0.348. The van der Waals surface area contributed by atoms with Gasteiger partial charge in [-0.25, -0.2) is 9.97 Å². The smallest absolute Gasteiger partial charge is 0.289 e. The molecule has 1 amide bonds. The zero-order valence-electron chi connectivity index (χ0n) is 18.0. The molecule has 0 atom stereocenters. The van der Waals surface area contributed by atoms with Gasteiger partial charge < -0.3 is 4.74 Å². The molecule has 4 aromatic rings. The Morgan fingerprint density at radius 3 is 2.56 bits per heavy atom. The fourth-order valence-electron chi connectivity index (χ4n) is 3.71. The summed E-state index contributed by atoms with van der Waals surface area (Å²) in [4.78, 5) is 27.2. The maximum Gasteiger partial charge on any atom is 0.289 e. The number of rotatable bonds is 5. The van der Waals surface area contributed by atoms with Crippen molar-refractivity contribution in [3.63, 3.8) is 0 Å². The lowest BCUT2D eigenvalue weighted by Gasteiger charge is -2.28. The molecular formula is C23H25ClN4O2S2. The van der Waals surface area contributed by atoms with Crippen LogP contribution in [0.4, 0.5) is 5.13 Å². The molecule has 3 heterocycles. The van der Waals surface area contributed by atoms with Crippen molar-refractivity contribution in [3.8, 4) is 0 Å². The second-order valence-electron chi connectivity index (χ2n) is 7.80. The van der Waals surface area contributed by atoms with Gasteiger partial charge in [-0.1, -0.05) is 23.5 Å². The SMILES string of the molecule is Cc1cc2nc(N(CCN3CCOCC3)C(=O)c3nc4ccccc4s3)sc2cc1C.Cl. The van der Waals surface area contributed by atoms with Crippen LogP contribution in [0.2, 0.25) is 0 Å². The topological polar surface area (TPSA) is 58.6 Å². The lowest BCUT2D eigenvalue weighted by molar-refractivity contribution is 0.0391. The van der Waals surface area contributed by atoms with Gasteiger partial charge in [-0.2, -0.15) is 0 Å². The van der Waals surface area contributed by atoms with Crippen LogP contribution < -0.4 is 4.90 Å². The van der Waals surface area contributed by atoms with E-state index in [1.54, 1.807) is 11.3 Å². The van der Waals surface area contributed by atoms with E-state index >= 15 is 0 Å². The number of halogens is 1. The first-order valence-electron chi connectivity index (χ1n) is 10.4. The summed E-state index contributed by atoms with van der Waals surface area (Å²) in [7, 11) is 0. The van der Waals surface area contributed by atoms with Gasteiger partial charge in [0.1, 0.15) is 0 Å². The molecule has 168 valence electrons. The summed E-state index contributed by atoms with van der Waals surface area (Å²) in [6.07, 6.45) is 0. The van der Waals surface area contributed by atoms with Crippen LogP contribution in [0.1, 0.15) is 20.9 Å². The number of carbonyl (C=O) groups excluding carboxylic acids is 1. The summed E-state index contributed by atoms with van der Waals surface area (Å²) in [6.45, 7) is 8.83. The third kappa shape index (κ3) is 4.65. The average Bonchev–Trinajstić information content (AvgIpc) is 3.39. The molecule has 32 heavy (non-hydrogen) atoms. The summed E-state index contributed by atoms with van der Waals surface area (Å²) >= 11 is 3.01. The molecule has 6 nitrogen and oxygen atoms in total. The number of hydrogen-bond donors (Lipinski definition) is 0. The van der Waals surface area contributed by atoms with Gasteiger partial charge in [0.25, 0.3) is 5.91 Å². The molecule has 5 rings (SSSR count). The highest BCUT2D eigenvalue weighted by Crippen LogP contribution is 2.32. The van der Waals surface area contributed by atoms with Crippen LogP contribution in [0.5, 0.6) is 0 Å². The van der Waals surface area contributed by atoms with Gasteiger partial charge in [-0.3, -0.25) is 14.6 Å². The highest BCUT2D eigenvalue weighted by molar-refractivity contribution is 7.23. The number of thiazole rings is 2. The Hall–Kier alpha value is -2.10. The van der Waals surface area contributed by atoms with Gasteiger partial charge in [0.15, 0.2) is 10.1 Å². The summed E-state index contributed by atoms with van der Waals surface area (Å²) in [6, 6.07) is 12.1. The number of nitrogens with zero attached hydrogens (tertiary/aromatic N) is 4. The summed E-state index contributed by atoms with van der Waals surface area (Å²) < 4.78 is 7.59. The highest BCUT2D eigenvalue weighted by Gasteiger charge is 2.25. The van der Waals surface area contributed by atoms with Crippen molar-refractivity contribution in [2.45, 2.75) is 13.8 Å². The number of fused-ring (bicyclic) bond motifs is 2. The third-order valence-corrected chi connectivity index (χ3v) is 7.75. The van der Waals surface area contributed by atoms with Crippen molar-refractivity contribution >= 4 is 66.6 Å². The van der Waals surface area contributed by atoms with Crippen LogP contribution in [-0.4, -0.2) is 60.2 Å². The van der Waals surface area contributed by atoms with Crippen molar-refractivity contribution in [1.82, 2.24) is 14.9 Å². The van der Waals surface area contributed by atoms with E-state index in [1.807, 2.05) is 29.2 Å². The largest absolute Gasteiger partial charge is 0.379 e. The van der Waals surface area contributed by atoms with E-state index in [0.717, 1.165) is 58.4 Å². The Bertz CT molecular complexity index is 1180. The summed E-state index contributed by atoms with van der Waals surface area (Å²) in [5, 5.41) is 1.24. The number of para-hydroxylation sites is 1. The molecule has 0 saturated carbocycles. The lowest BCUT2D eigenvalue weighted by atomic mass is 10.1. The van der Waals surface area contributed by atoms with E-state index in [2.05, 4.69) is 35.9 Å². The van der Waals surface area contributed by atoms with Crippen LogP contribution in [0, 0.1) is 13.8 Å².